The quantitative estimate of drug-likeness (QED) is 0.591. The lowest BCUT2D eigenvalue weighted by Gasteiger charge is -2.23. The molecule has 1 saturated heterocycles. The number of carbonyl (C=O) groups is 1. The number of hydrogen-bond acceptors (Lipinski definition) is 1. The van der Waals surface area contributed by atoms with Crippen LogP contribution in [-0.4, -0.2) is 30.1 Å². The zero-order chi connectivity index (χ0) is 7.56. The fourth-order valence-electron chi connectivity index (χ4n) is 1.26. The van der Waals surface area contributed by atoms with Crippen molar-refractivity contribution in [2.45, 2.75) is 12.8 Å². The van der Waals surface area contributed by atoms with Crippen LogP contribution in [0.2, 0.25) is 0 Å². The molecule has 0 saturated carbocycles. The van der Waals surface area contributed by atoms with Gasteiger partial charge in [-0.25, -0.2) is 0 Å². The lowest BCUT2D eigenvalue weighted by molar-refractivity contribution is -0.141. The highest BCUT2D eigenvalue weighted by Crippen LogP contribution is 2.39. The van der Waals surface area contributed by atoms with Gasteiger partial charge in [0, 0.05) is 0 Å². The molecule has 1 rings (SSSR count). The molecule has 58 valence electrons. The van der Waals surface area contributed by atoms with Crippen molar-refractivity contribution in [3.05, 3.63) is 0 Å². The first kappa shape index (κ1) is 8.00. The Morgan fingerprint density at radius 3 is 2.40 bits per heavy atom. The Morgan fingerprint density at radius 2 is 2.00 bits per heavy atom. The number of carboxylic acid groups (broad SMARTS) is 1. The zero-order valence-electron chi connectivity index (χ0n) is 6.21. The molecule has 0 radical (unpaired) electrons. The van der Waals surface area contributed by atoms with Gasteiger partial charge in [0.25, 0.3) is 0 Å². The maximum absolute atomic E-state index is 10.5. The number of aliphatic carboxylic acids is 1. The van der Waals surface area contributed by atoms with Crippen molar-refractivity contribution in [3.63, 3.8) is 0 Å². The van der Waals surface area contributed by atoms with E-state index in [0.717, 1.165) is 25.2 Å². The first-order chi connectivity index (χ1) is 4.70. The van der Waals surface area contributed by atoms with E-state index in [0.29, 0.717) is 0 Å². The van der Waals surface area contributed by atoms with Crippen LogP contribution in [0, 0.1) is 5.92 Å². The molecule has 0 aromatic heterocycles. The van der Waals surface area contributed by atoms with Crippen molar-refractivity contribution in [1.82, 2.24) is 0 Å². The van der Waals surface area contributed by atoms with E-state index >= 15 is 0 Å². The topological polar surface area (TPSA) is 37.3 Å². The molecule has 0 bridgehead atoms. The van der Waals surface area contributed by atoms with Crippen molar-refractivity contribution in [2.75, 3.05) is 19.0 Å². The third kappa shape index (κ3) is 1.95. The minimum atomic E-state index is -0.594. The fourth-order valence-corrected chi connectivity index (χ4v) is 2.98. The number of hydrogen-bond donors (Lipinski definition) is 1. The molecule has 0 unspecified atom stereocenters. The first-order valence-corrected chi connectivity index (χ1v) is 5.77. The van der Waals surface area contributed by atoms with Gasteiger partial charge in [0.05, 0.1) is 5.92 Å². The van der Waals surface area contributed by atoms with Crippen LogP contribution >= 0.6 is 7.92 Å². The Bertz CT molecular complexity index is 128. The van der Waals surface area contributed by atoms with Crippen LogP contribution < -0.4 is 0 Å². The van der Waals surface area contributed by atoms with Gasteiger partial charge < -0.3 is 5.11 Å². The number of carboxylic acids is 1. The van der Waals surface area contributed by atoms with E-state index in [1.165, 1.54) is 0 Å². The van der Waals surface area contributed by atoms with Crippen LogP contribution in [-0.2, 0) is 4.79 Å². The average Bonchev–Trinajstić information content (AvgIpc) is 1.88. The standard InChI is InChI=1S/C7H13O2P/c1-10-4-2-6(3-5-10)7(8)9/h6H,2-5H2,1H3,(H,8,9). The summed E-state index contributed by atoms with van der Waals surface area (Å²) in [5.41, 5.74) is 0. The van der Waals surface area contributed by atoms with E-state index in [2.05, 4.69) is 6.66 Å². The third-order valence-corrected chi connectivity index (χ3v) is 4.11. The highest BCUT2D eigenvalue weighted by atomic mass is 31.1. The molecule has 0 spiro atoms. The Kier molecular flexibility index (Phi) is 2.67. The van der Waals surface area contributed by atoms with Crippen LogP contribution in [0.5, 0.6) is 0 Å². The molecule has 3 heteroatoms. The summed E-state index contributed by atoms with van der Waals surface area (Å²) in [5, 5.41) is 8.63. The molecular formula is C7H13O2P. The maximum atomic E-state index is 10.5. The molecule has 2 nitrogen and oxygen atoms in total. The summed E-state index contributed by atoms with van der Waals surface area (Å²) in [6.45, 7) is 2.26. The molecule has 1 aliphatic heterocycles. The van der Waals surface area contributed by atoms with Crippen molar-refractivity contribution in [3.8, 4) is 0 Å². The molecular weight excluding hydrogens is 147 g/mol. The molecule has 1 heterocycles. The van der Waals surface area contributed by atoms with Gasteiger partial charge in [0.15, 0.2) is 0 Å². The van der Waals surface area contributed by atoms with E-state index in [9.17, 15) is 4.79 Å². The summed E-state index contributed by atoms with van der Waals surface area (Å²) in [5.74, 6) is -0.623. The molecule has 10 heavy (non-hydrogen) atoms. The fraction of sp³-hybridized carbons (Fsp3) is 0.857. The summed E-state index contributed by atoms with van der Waals surface area (Å²) in [6, 6.07) is 0. The molecule has 1 aliphatic rings. The van der Waals surface area contributed by atoms with E-state index < -0.39 is 5.97 Å². The molecule has 0 aliphatic carbocycles. The summed E-state index contributed by atoms with van der Waals surface area (Å²) in [6.07, 6.45) is 4.15. The van der Waals surface area contributed by atoms with Crippen LogP contribution in [0.3, 0.4) is 0 Å². The smallest absolute Gasteiger partial charge is 0.306 e. The predicted octanol–water partition coefficient (Wildman–Crippen LogP) is 1.59. The summed E-state index contributed by atoms with van der Waals surface area (Å²) in [4.78, 5) is 10.5. The molecule has 0 aromatic rings. The Balaban J connectivity index is 2.33. The normalized spacial score (nSPS) is 33.7. The van der Waals surface area contributed by atoms with Crippen LogP contribution in [0.4, 0.5) is 0 Å². The summed E-state index contributed by atoms with van der Waals surface area (Å²) in [7, 11) is 0.194. The largest absolute Gasteiger partial charge is 0.481 e. The molecule has 1 fully saturated rings. The van der Waals surface area contributed by atoms with Gasteiger partial charge in [-0.2, -0.15) is 0 Å². The second kappa shape index (κ2) is 3.34. The van der Waals surface area contributed by atoms with Gasteiger partial charge in [-0.3, -0.25) is 4.79 Å². The maximum Gasteiger partial charge on any atom is 0.306 e. The van der Waals surface area contributed by atoms with E-state index in [1.54, 1.807) is 0 Å². The van der Waals surface area contributed by atoms with Crippen molar-refractivity contribution >= 4 is 13.9 Å². The Morgan fingerprint density at radius 1 is 1.50 bits per heavy atom. The average molecular weight is 160 g/mol. The highest BCUT2D eigenvalue weighted by Gasteiger charge is 2.22. The predicted molar refractivity (Wildman–Crippen MR) is 42.9 cm³/mol. The van der Waals surface area contributed by atoms with E-state index in [-0.39, 0.29) is 13.8 Å². The van der Waals surface area contributed by atoms with Gasteiger partial charge >= 0.3 is 5.97 Å². The van der Waals surface area contributed by atoms with Crippen LogP contribution in [0.1, 0.15) is 12.8 Å². The third-order valence-electron chi connectivity index (χ3n) is 2.07. The van der Waals surface area contributed by atoms with Crippen LogP contribution in [0.15, 0.2) is 0 Å². The first-order valence-electron chi connectivity index (χ1n) is 3.61. The van der Waals surface area contributed by atoms with Gasteiger partial charge in [-0.1, -0.05) is 0 Å². The highest BCUT2D eigenvalue weighted by molar-refractivity contribution is 7.56. The Labute approximate surface area is 62.4 Å². The van der Waals surface area contributed by atoms with Gasteiger partial charge in [-0.15, -0.1) is 7.92 Å². The monoisotopic (exact) mass is 160 g/mol. The van der Waals surface area contributed by atoms with Crippen molar-refractivity contribution in [2.24, 2.45) is 5.92 Å². The second-order valence-electron chi connectivity index (χ2n) is 2.92. The second-order valence-corrected chi connectivity index (χ2v) is 5.52. The minimum Gasteiger partial charge on any atom is -0.481 e. The van der Waals surface area contributed by atoms with Crippen molar-refractivity contribution in [1.29, 1.82) is 0 Å². The molecule has 1 N–H and O–H groups in total. The van der Waals surface area contributed by atoms with Crippen LogP contribution in [0.25, 0.3) is 0 Å². The number of rotatable bonds is 1. The SMILES string of the molecule is CP1CCC(C(=O)O)CC1. The van der Waals surface area contributed by atoms with E-state index in [1.807, 2.05) is 0 Å². The lowest BCUT2D eigenvalue weighted by atomic mass is 10.0. The molecule has 0 aromatic carbocycles. The molecule has 0 amide bonds. The Hall–Kier alpha value is -0.100. The minimum absolute atomic E-state index is 0.0290. The van der Waals surface area contributed by atoms with Crippen molar-refractivity contribution < 1.29 is 9.90 Å². The van der Waals surface area contributed by atoms with Gasteiger partial charge in [-0.05, 0) is 31.8 Å². The summed E-state index contributed by atoms with van der Waals surface area (Å²) >= 11 is 0. The van der Waals surface area contributed by atoms with E-state index in [4.69, 9.17) is 5.11 Å². The summed E-state index contributed by atoms with van der Waals surface area (Å²) < 4.78 is 0. The van der Waals surface area contributed by atoms with Gasteiger partial charge in [0.2, 0.25) is 0 Å². The lowest BCUT2D eigenvalue weighted by Crippen LogP contribution is -2.19. The zero-order valence-corrected chi connectivity index (χ0v) is 7.10. The molecule has 0 atom stereocenters. The van der Waals surface area contributed by atoms with Gasteiger partial charge in [0.1, 0.15) is 0 Å².